The second-order valence-electron chi connectivity index (χ2n) is 6.76. The molecule has 1 aliphatic rings. The number of nitrogens with one attached hydrogen (secondary N) is 1. The molecule has 0 saturated carbocycles. The van der Waals surface area contributed by atoms with Gasteiger partial charge in [-0.3, -0.25) is 23.5 Å². The summed E-state index contributed by atoms with van der Waals surface area (Å²) in [7, 11) is -9.64. The first kappa shape index (κ1) is 24.0. The van der Waals surface area contributed by atoms with Crippen molar-refractivity contribution in [1.29, 1.82) is 0 Å². The van der Waals surface area contributed by atoms with E-state index in [-0.39, 0.29) is 22.5 Å². The maximum absolute atomic E-state index is 11.9. The van der Waals surface area contributed by atoms with E-state index in [0.29, 0.717) is 4.90 Å². The average Bonchev–Trinajstić information content (AvgIpc) is 3.02. The Bertz CT molecular complexity index is 1440. The van der Waals surface area contributed by atoms with Gasteiger partial charge in [-0.05, 0) is 29.3 Å². The highest BCUT2D eigenvalue weighted by atomic mass is 32.2. The van der Waals surface area contributed by atoms with Crippen molar-refractivity contribution >= 4 is 61.5 Å². The van der Waals surface area contributed by atoms with Gasteiger partial charge in [-0.1, -0.05) is 30.4 Å². The van der Waals surface area contributed by atoms with Gasteiger partial charge in [0.1, 0.15) is 9.79 Å². The molecule has 0 atom stereocenters. The molecular weight excluding hydrogens is 476 g/mol. The molecule has 172 valence electrons. The summed E-state index contributed by atoms with van der Waals surface area (Å²) in [5.74, 6) is -1.99. The minimum Gasteiger partial charge on any atom is -0.325 e. The molecule has 0 fully saturated rings. The number of carbonyl (C=O) groups is 3. The van der Waals surface area contributed by atoms with Gasteiger partial charge in [0.2, 0.25) is 5.91 Å². The Morgan fingerprint density at radius 3 is 2.06 bits per heavy atom. The molecule has 1 heterocycles. The Morgan fingerprint density at radius 2 is 1.52 bits per heavy atom. The monoisotopic (exact) mass is 492 g/mol. The highest BCUT2D eigenvalue weighted by molar-refractivity contribution is 7.86. The molecule has 2 aromatic carbocycles. The van der Waals surface area contributed by atoms with Crippen LogP contribution in [0.1, 0.15) is 18.1 Å². The molecule has 3 N–H and O–H groups in total. The van der Waals surface area contributed by atoms with Crippen molar-refractivity contribution in [3.8, 4) is 0 Å². The van der Waals surface area contributed by atoms with Gasteiger partial charge in [-0.15, -0.1) is 0 Å². The molecule has 1 aliphatic heterocycles. The molecule has 0 spiro atoms. The van der Waals surface area contributed by atoms with E-state index in [0.717, 1.165) is 37.3 Å². The van der Waals surface area contributed by atoms with Crippen LogP contribution in [-0.2, 0) is 34.6 Å². The molecular formula is C20H16N2O9S2. The standard InChI is InChI=1S/C20H16N2O9S2/c1-12(23)21-16-4-2-3-14(20(16)33(29,30)31)6-5-13-7-8-15(11-17(13)32(26,27)28)22-18(24)9-10-19(22)25/h2-11H,1H3,(H,21,23)(H,26,27,28)(H,29,30,31). The summed E-state index contributed by atoms with van der Waals surface area (Å²) in [6, 6.07) is 7.30. The van der Waals surface area contributed by atoms with Crippen molar-refractivity contribution in [3.63, 3.8) is 0 Å². The van der Waals surface area contributed by atoms with Gasteiger partial charge in [-0.2, -0.15) is 16.8 Å². The minimum absolute atomic E-state index is 0.0942. The quantitative estimate of drug-likeness (QED) is 0.308. The predicted molar refractivity (Wildman–Crippen MR) is 117 cm³/mol. The number of nitrogens with zero attached hydrogens (tertiary/aromatic N) is 1. The molecule has 0 unspecified atom stereocenters. The Morgan fingerprint density at radius 1 is 0.909 bits per heavy atom. The molecule has 0 aliphatic carbocycles. The normalized spacial score (nSPS) is 14.3. The molecule has 2 aromatic rings. The Labute approximate surface area is 188 Å². The Hall–Kier alpha value is -3.65. The number of benzene rings is 2. The summed E-state index contributed by atoms with van der Waals surface area (Å²) in [6.45, 7) is 1.14. The van der Waals surface area contributed by atoms with Crippen LogP contribution in [0.5, 0.6) is 0 Å². The van der Waals surface area contributed by atoms with Crippen LogP contribution in [-0.4, -0.2) is 43.7 Å². The van der Waals surface area contributed by atoms with E-state index in [1.807, 2.05) is 0 Å². The van der Waals surface area contributed by atoms with Crippen molar-refractivity contribution in [2.24, 2.45) is 0 Å². The van der Waals surface area contributed by atoms with Gasteiger partial charge in [0.15, 0.2) is 0 Å². The second-order valence-corrected chi connectivity index (χ2v) is 9.50. The van der Waals surface area contributed by atoms with Crippen molar-refractivity contribution < 1.29 is 40.3 Å². The van der Waals surface area contributed by atoms with E-state index < -0.39 is 47.7 Å². The number of rotatable bonds is 6. The van der Waals surface area contributed by atoms with Gasteiger partial charge in [0, 0.05) is 19.1 Å². The van der Waals surface area contributed by atoms with Crippen molar-refractivity contribution in [1.82, 2.24) is 0 Å². The molecule has 33 heavy (non-hydrogen) atoms. The maximum Gasteiger partial charge on any atom is 0.297 e. The van der Waals surface area contributed by atoms with Crippen molar-refractivity contribution in [2.45, 2.75) is 16.7 Å². The first-order chi connectivity index (χ1) is 15.3. The van der Waals surface area contributed by atoms with Gasteiger partial charge < -0.3 is 5.32 Å². The largest absolute Gasteiger partial charge is 0.325 e. The Kier molecular flexibility index (Phi) is 6.33. The molecule has 11 nitrogen and oxygen atoms in total. The summed E-state index contributed by atoms with van der Waals surface area (Å²) in [5.41, 5.74) is -0.509. The number of carbonyl (C=O) groups excluding carboxylic acids is 3. The fourth-order valence-electron chi connectivity index (χ4n) is 3.12. The zero-order valence-electron chi connectivity index (χ0n) is 16.8. The zero-order chi connectivity index (χ0) is 24.6. The number of hydrogen-bond donors (Lipinski definition) is 3. The summed E-state index contributed by atoms with van der Waals surface area (Å²) in [5, 5.41) is 2.28. The number of imide groups is 1. The van der Waals surface area contributed by atoms with Crippen LogP contribution < -0.4 is 10.2 Å². The lowest BCUT2D eigenvalue weighted by molar-refractivity contribution is -0.120. The SMILES string of the molecule is CC(=O)Nc1cccc(C=Cc2ccc(N3C(=O)C=CC3=O)cc2S(=O)(=O)O)c1S(=O)(=O)O. The highest BCUT2D eigenvalue weighted by Crippen LogP contribution is 2.30. The van der Waals surface area contributed by atoms with E-state index >= 15 is 0 Å². The number of anilines is 2. The van der Waals surface area contributed by atoms with E-state index in [2.05, 4.69) is 5.32 Å². The lowest BCUT2D eigenvalue weighted by Gasteiger charge is -2.15. The third-order valence-electron chi connectivity index (χ3n) is 4.40. The van der Waals surface area contributed by atoms with Crippen LogP contribution in [0, 0.1) is 0 Å². The molecule has 0 aromatic heterocycles. The first-order valence-corrected chi connectivity index (χ1v) is 11.9. The van der Waals surface area contributed by atoms with Crippen LogP contribution in [0.25, 0.3) is 12.2 Å². The molecule has 0 bridgehead atoms. The second kappa shape index (κ2) is 8.71. The van der Waals surface area contributed by atoms with E-state index in [4.69, 9.17) is 0 Å². The minimum atomic E-state index is -4.83. The predicted octanol–water partition coefficient (Wildman–Crippen LogP) is 1.74. The molecule has 3 rings (SSSR count). The Balaban J connectivity index is 2.12. The van der Waals surface area contributed by atoms with Crippen LogP contribution in [0.4, 0.5) is 11.4 Å². The van der Waals surface area contributed by atoms with E-state index in [1.54, 1.807) is 0 Å². The number of hydrogen-bond acceptors (Lipinski definition) is 7. The summed E-state index contributed by atoms with van der Waals surface area (Å²) in [6.07, 6.45) is 4.29. The third-order valence-corrected chi connectivity index (χ3v) is 6.28. The van der Waals surface area contributed by atoms with Gasteiger partial charge in [0.25, 0.3) is 32.1 Å². The molecule has 3 amide bonds. The zero-order valence-corrected chi connectivity index (χ0v) is 18.4. The van der Waals surface area contributed by atoms with Crippen LogP contribution in [0.2, 0.25) is 0 Å². The van der Waals surface area contributed by atoms with Gasteiger partial charge >= 0.3 is 0 Å². The molecule has 13 heteroatoms. The highest BCUT2D eigenvalue weighted by Gasteiger charge is 2.27. The molecule has 0 radical (unpaired) electrons. The van der Waals surface area contributed by atoms with Crippen molar-refractivity contribution in [2.75, 3.05) is 10.2 Å². The van der Waals surface area contributed by atoms with E-state index in [1.165, 1.54) is 30.3 Å². The third kappa shape index (κ3) is 5.23. The lowest BCUT2D eigenvalue weighted by atomic mass is 10.1. The smallest absolute Gasteiger partial charge is 0.297 e. The molecule has 0 saturated heterocycles. The van der Waals surface area contributed by atoms with Crippen LogP contribution >= 0.6 is 0 Å². The maximum atomic E-state index is 11.9. The van der Waals surface area contributed by atoms with Gasteiger partial charge in [0.05, 0.1) is 11.4 Å². The lowest BCUT2D eigenvalue weighted by Crippen LogP contribution is -2.29. The van der Waals surface area contributed by atoms with Crippen LogP contribution in [0.3, 0.4) is 0 Å². The van der Waals surface area contributed by atoms with Crippen molar-refractivity contribution in [3.05, 3.63) is 59.7 Å². The fourth-order valence-corrected chi connectivity index (χ4v) is 4.65. The summed E-state index contributed by atoms with van der Waals surface area (Å²) in [4.78, 5) is 34.5. The number of amides is 3. The van der Waals surface area contributed by atoms with Crippen LogP contribution in [0.15, 0.2) is 58.3 Å². The summed E-state index contributed by atoms with van der Waals surface area (Å²) >= 11 is 0. The fraction of sp³-hybridized carbons (Fsp3) is 0.0500. The first-order valence-electron chi connectivity index (χ1n) is 9.03. The average molecular weight is 492 g/mol. The van der Waals surface area contributed by atoms with Gasteiger partial charge in [-0.25, -0.2) is 4.90 Å². The topological polar surface area (TPSA) is 175 Å². The summed E-state index contributed by atoms with van der Waals surface area (Å²) < 4.78 is 66.9. The van der Waals surface area contributed by atoms with E-state index in [9.17, 15) is 40.3 Å².